The normalized spacial score (nSPS) is 10.6. The summed E-state index contributed by atoms with van der Waals surface area (Å²) in [6, 6.07) is 9.17. The van der Waals surface area contributed by atoms with Crippen LogP contribution < -0.4 is 9.47 Å². The number of halogens is 1. The van der Waals surface area contributed by atoms with Gasteiger partial charge in [0.15, 0.2) is 17.3 Å². The van der Waals surface area contributed by atoms with Crippen LogP contribution in [0.2, 0.25) is 5.02 Å². The van der Waals surface area contributed by atoms with Crippen LogP contribution in [0.4, 0.5) is 5.69 Å². The average molecular weight is 348 g/mol. The number of para-hydroxylation sites is 1. The van der Waals surface area contributed by atoms with Gasteiger partial charge < -0.3 is 9.47 Å². The van der Waals surface area contributed by atoms with Gasteiger partial charge in [0, 0.05) is 17.2 Å². The maximum atomic E-state index is 12.2. The minimum atomic E-state index is -0.631. The Morgan fingerprint density at radius 3 is 2.58 bits per heavy atom. The van der Waals surface area contributed by atoms with E-state index in [0.29, 0.717) is 17.1 Å². The second kappa shape index (κ2) is 7.61. The molecular weight excluding hydrogens is 334 g/mol. The van der Waals surface area contributed by atoms with Crippen LogP contribution in [0.1, 0.15) is 15.9 Å². The van der Waals surface area contributed by atoms with Gasteiger partial charge in [-0.25, -0.2) is 0 Å². The molecule has 24 heavy (non-hydrogen) atoms. The van der Waals surface area contributed by atoms with Crippen LogP contribution in [0.3, 0.4) is 0 Å². The lowest BCUT2D eigenvalue weighted by atomic mass is 10.1. The number of nitro groups is 1. The molecule has 0 aliphatic rings. The maximum Gasteiger partial charge on any atom is 0.288 e. The number of allylic oxidation sites excluding steroid dienone is 1. The highest BCUT2D eigenvalue weighted by atomic mass is 35.5. The average Bonchev–Trinajstić information content (AvgIpc) is 2.59. The molecule has 0 saturated heterocycles. The zero-order valence-corrected chi connectivity index (χ0v) is 13.7. The fourth-order valence-electron chi connectivity index (χ4n) is 2.11. The van der Waals surface area contributed by atoms with Crippen molar-refractivity contribution in [2.45, 2.75) is 0 Å². The molecule has 0 unspecified atom stereocenters. The van der Waals surface area contributed by atoms with Gasteiger partial charge in [-0.05, 0) is 30.4 Å². The van der Waals surface area contributed by atoms with Crippen molar-refractivity contribution in [3.05, 3.63) is 68.7 Å². The first-order valence-corrected chi connectivity index (χ1v) is 7.23. The highest BCUT2D eigenvalue weighted by Crippen LogP contribution is 2.31. The van der Waals surface area contributed by atoms with E-state index in [-0.39, 0.29) is 22.1 Å². The van der Waals surface area contributed by atoms with Crippen molar-refractivity contribution in [1.29, 1.82) is 0 Å². The zero-order valence-electron chi connectivity index (χ0n) is 13.0. The molecule has 2 aromatic rings. The number of methoxy groups -OCH3 is 2. The van der Waals surface area contributed by atoms with Crippen LogP contribution in [0, 0.1) is 10.1 Å². The van der Waals surface area contributed by atoms with E-state index in [2.05, 4.69) is 0 Å². The molecule has 0 heterocycles. The summed E-state index contributed by atoms with van der Waals surface area (Å²) in [6.07, 6.45) is 2.87. The Morgan fingerprint density at radius 2 is 1.96 bits per heavy atom. The Labute approximate surface area is 143 Å². The number of carbonyl (C=O) groups excluding carboxylic acids is 1. The van der Waals surface area contributed by atoms with Crippen molar-refractivity contribution in [2.75, 3.05) is 14.2 Å². The van der Waals surface area contributed by atoms with E-state index >= 15 is 0 Å². The third-order valence-corrected chi connectivity index (χ3v) is 3.59. The summed E-state index contributed by atoms with van der Waals surface area (Å²) in [5.74, 6) is 0.639. The molecule has 124 valence electrons. The smallest absolute Gasteiger partial charge is 0.288 e. The molecule has 0 bridgehead atoms. The van der Waals surface area contributed by atoms with Crippen molar-refractivity contribution in [2.24, 2.45) is 0 Å². The van der Waals surface area contributed by atoms with Gasteiger partial charge >= 0.3 is 0 Å². The van der Waals surface area contributed by atoms with E-state index in [1.807, 2.05) is 0 Å². The maximum absolute atomic E-state index is 12.2. The van der Waals surface area contributed by atoms with Crippen LogP contribution in [-0.2, 0) is 0 Å². The Bertz CT molecular complexity index is 817. The number of nitrogens with zero attached hydrogens (tertiary/aromatic N) is 1. The Morgan fingerprint density at radius 1 is 1.21 bits per heavy atom. The van der Waals surface area contributed by atoms with Gasteiger partial charge in [0.25, 0.3) is 5.69 Å². The van der Waals surface area contributed by atoms with Crippen molar-refractivity contribution in [1.82, 2.24) is 0 Å². The molecule has 0 atom stereocenters. The van der Waals surface area contributed by atoms with E-state index in [0.717, 1.165) is 6.07 Å². The summed E-state index contributed by atoms with van der Waals surface area (Å²) in [6.45, 7) is 0. The summed E-state index contributed by atoms with van der Waals surface area (Å²) in [5, 5.41) is 10.9. The van der Waals surface area contributed by atoms with Crippen molar-refractivity contribution < 1.29 is 19.2 Å². The quantitative estimate of drug-likeness (QED) is 0.339. The number of benzene rings is 2. The molecule has 0 N–H and O–H groups in total. The molecule has 0 spiro atoms. The lowest BCUT2D eigenvalue weighted by Crippen LogP contribution is -1.98. The van der Waals surface area contributed by atoms with Crippen molar-refractivity contribution in [3.63, 3.8) is 0 Å². The van der Waals surface area contributed by atoms with Crippen molar-refractivity contribution >= 4 is 29.1 Å². The van der Waals surface area contributed by atoms with E-state index in [1.165, 1.54) is 32.4 Å². The highest BCUT2D eigenvalue weighted by Gasteiger charge is 2.15. The molecule has 2 rings (SSSR count). The standard InChI is InChI=1S/C17H14ClNO5/c1-23-16-5-3-4-11(17(16)24-2)7-9-15(20)12-6-8-13(18)14(10-12)19(21)22/h3-10H,1-2H3/b9-7+. The SMILES string of the molecule is COc1cccc(/C=C/C(=O)c2ccc(Cl)c([N+](=O)[O-])c2)c1OC. The first-order chi connectivity index (χ1) is 11.5. The lowest BCUT2D eigenvalue weighted by Gasteiger charge is -2.09. The summed E-state index contributed by atoms with van der Waals surface area (Å²) >= 11 is 5.74. The monoisotopic (exact) mass is 347 g/mol. The van der Waals surface area contributed by atoms with Crippen LogP contribution in [0.15, 0.2) is 42.5 Å². The third-order valence-electron chi connectivity index (χ3n) is 3.28. The predicted octanol–water partition coefficient (Wildman–Crippen LogP) is 4.16. The zero-order chi connectivity index (χ0) is 17.7. The largest absolute Gasteiger partial charge is 0.493 e. The topological polar surface area (TPSA) is 78.7 Å². The summed E-state index contributed by atoms with van der Waals surface area (Å²) in [7, 11) is 3.02. The first-order valence-electron chi connectivity index (χ1n) is 6.85. The highest BCUT2D eigenvalue weighted by molar-refractivity contribution is 6.32. The second-order valence-electron chi connectivity index (χ2n) is 4.70. The molecule has 0 aromatic heterocycles. The molecule has 0 fully saturated rings. The second-order valence-corrected chi connectivity index (χ2v) is 5.11. The van der Waals surface area contributed by atoms with Crippen LogP contribution in [0.25, 0.3) is 6.08 Å². The Balaban J connectivity index is 2.32. The number of hydrogen-bond acceptors (Lipinski definition) is 5. The van der Waals surface area contributed by atoms with Gasteiger partial charge in [0.2, 0.25) is 0 Å². The van der Waals surface area contributed by atoms with E-state index in [1.54, 1.807) is 24.3 Å². The molecule has 6 nitrogen and oxygen atoms in total. The first kappa shape index (κ1) is 17.5. The molecule has 0 radical (unpaired) electrons. The van der Waals surface area contributed by atoms with E-state index < -0.39 is 4.92 Å². The van der Waals surface area contributed by atoms with Crippen LogP contribution >= 0.6 is 11.6 Å². The minimum absolute atomic E-state index is 0.0185. The molecular formula is C17H14ClNO5. The molecule has 7 heteroatoms. The molecule has 0 amide bonds. The van der Waals surface area contributed by atoms with Gasteiger partial charge in [-0.2, -0.15) is 0 Å². The molecule has 0 aliphatic heterocycles. The Kier molecular flexibility index (Phi) is 5.55. The molecule has 0 saturated carbocycles. The van der Waals surface area contributed by atoms with Gasteiger partial charge in [0.1, 0.15) is 5.02 Å². The number of nitro benzene ring substituents is 1. The predicted molar refractivity (Wildman–Crippen MR) is 91.0 cm³/mol. The summed E-state index contributed by atoms with van der Waals surface area (Å²) < 4.78 is 10.5. The van der Waals surface area contributed by atoms with Gasteiger partial charge in [-0.15, -0.1) is 0 Å². The van der Waals surface area contributed by atoms with Gasteiger partial charge in [-0.3, -0.25) is 14.9 Å². The summed E-state index contributed by atoms with van der Waals surface area (Å²) in [5.41, 5.74) is 0.507. The fraction of sp³-hybridized carbons (Fsp3) is 0.118. The van der Waals surface area contributed by atoms with Gasteiger partial charge in [0.05, 0.1) is 19.1 Å². The fourth-order valence-corrected chi connectivity index (χ4v) is 2.30. The number of carbonyl (C=O) groups is 1. The third kappa shape index (κ3) is 3.72. The number of hydrogen-bond donors (Lipinski definition) is 0. The number of ether oxygens (including phenoxy) is 2. The minimum Gasteiger partial charge on any atom is -0.493 e. The number of rotatable bonds is 6. The molecule has 2 aromatic carbocycles. The van der Waals surface area contributed by atoms with E-state index in [4.69, 9.17) is 21.1 Å². The van der Waals surface area contributed by atoms with Crippen LogP contribution in [-0.4, -0.2) is 24.9 Å². The lowest BCUT2D eigenvalue weighted by molar-refractivity contribution is -0.384. The van der Waals surface area contributed by atoms with E-state index in [9.17, 15) is 14.9 Å². The van der Waals surface area contributed by atoms with Gasteiger partial charge in [-0.1, -0.05) is 23.7 Å². The Hall–Kier alpha value is -2.86. The molecule has 0 aliphatic carbocycles. The van der Waals surface area contributed by atoms with Crippen LogP contribution in [0.5, 0.6) is 11.5 Å². The summed E-state index contributed by atoms with van der Waals surface area (Å²) in [4.78, 5) is 22.5. The number of ketones is 1. The van der Waals surface area contributed by atoms with Crippen molar-refractivity contribution in [3.8, 4) is 11.5 Å².